The van der Waals surface area contributed by atoms with Crippen molar-refractivity contribution in [2.45, 2.75) is 24.3 Å². The molecule has 1 aromatic carbocycles. The molecular formula is C19H21ClN4S. The third kappa shape index (κ3) is 3.50. The topological polar surface area (TPSA) is 33.1 Å². The number of fused-ring (bicyclic) bond motifs is 1. The smallest absolute Gasteiger partial charge is 0.112 e. The van der Waals surface area contributed by atoms with Crippen LogP contribution in [0.15, 0.2) is 53.7 Å². The van der Waals surface area contributed by atoms with Gasteiger partial charge in [-0.15, -0.1) is 0 Å². The summed E-state index contributed by atoms with van der Waals surface area (Å²) < 4.78 is 2.20. The van der Waals surface area contributed by atoms with Crippen LogP contribution in [0.4, 0.5) is 5.69 Å². The molecule has 4 rings (SSSR count). The Hall–Kier alpha value is -1.69. The summed E-state index contributed by atoms with van der Waals surface area (Å²) in [7, 11) is 0. The van der Waals surface area contributed by atoms with Crippen LogP contribution in [0.3, 0.4) is 0 Å². The van der Waals surface area contributed by atoms with E-state index in [4.69, 9.17) is 11.6 Å². The van der Waals surface area contributed by atoms with Crippen LogP contribution in [-0.4, -0.2) is 34.6 Å². The van der Waals surface area contributed by atoms with Crippen LogP contribution in [0.1, 0.15) is 13.3 Å². The number of pyridine rings is 1. The second kappa shape index (κ2) is 7.28. The van der Waals surface area contributed by atoms with Crippen molar-refractivity contribution in [3.05, 3.63) is 53.8 Å². The number of hydrogen-bond donors (Lipinski definition) is 1. The van der Waals surface area contributed by atoms with Gasteiger partial charge in [-0.2, -0.15) is 0 Å². The van der Waals surface area contributed by atoms with Gasteiger partial charge in [-0.05, 0) is 48.7 Å². The van der Waals surface area contributed by atoms with Crippen LogP contribution in [0.2, 0.25) is 5.02 Å². The van der Waals surface area contributed by atoms with Gasteiger partial charge < -0.3 is 10.2 Å². The summed E-state index contributed by atoms with van der Waals surface area (Å²) in [5, 5.41) is 4.34. The molecule has 3 aromatic rings. The fourth-order valence-electron chi connectivity index (χ4n) is 3.28. The molecule has 0 radical (unpaired) electrons. The fraction of sp³-hybridized carbons (Fsp3) is 0.316. The Kier molecular flexibility index (Phi) is 4.88. The SMILES string of the molecule is CCC1CN(c2cn(Sc3cccc(Cl)c3)c3cccnc23)CCN1. The Morgan fingerprint density at radius 1 is 1.32 bits per heavy atom. The molecule has 1 atom stereocenters. The fourth-order valence-corrected chi connectivity index (χ4v) is 4.48. The molecule has 1 N–H and O–H groups in total. The highest BCUT2D eigenvalue weighted by molar-refractivity contribution is 7.98. The molecule has 130 valence electrons. The number of nitrogens with zero attached hydrogens (tertiary/aromatic N) is 3. The lowest BCUT2D eigenvalue weighted by molar-refractivity contribution is 0.447. The summed E-state index contributed by atoms with van der Waals surface area (Å²) in [6.07, 6.45) is 5.22. The van der Waals surface area contributed by atoms with Gasteiger partial charge in [-0.25, -0.2) is 0 Å². The molecule has 0 bridgehead atoms. The van der Waals surface area contributed by atoms with Gasteiger partial charge in [-0.3, -0.25) is 8.96 Å². The standard InChI is InChI=1S/C19H21ClN4S/c1-2-15-12-23(10-9-21-15)18-13-24(17-7-4-8-22-19(17)18)25-16-6-3-5-14(20)11-16/h3-8,11,13,15,21H,2,9-10,12H2,1H3. The van der Waals surface area contributed by atoms with Crippen molar-refractivity contribution in [1.82, 2.24) is 14.3 Å². The van der Waals surface area contributed by atoms with Crippen LogP contribution in [0.25, 0.3) is 11.0 Å². The summed E-state index contributed by atoms with van der Waals surface area (Å²) in [4.78, 5) is 8.24. The highest BCUT2D eigenvalue weighted by atomic mass is 35.5. The molecule has 4 nitrogen and oxygen atoms in total. The van der Waals surface area contributed by atoms with Gasteiger partial charge in [0.2, 0.25) is 0 Å². The average molecular weight is 373 g/mol. The predicted octanol–water partition coefficient (Wildman–Crippen LogP) is 4.43. The van der Waals surface area contributed by atoms with Gasteiger partial charge in [0.05, 0.1) is 11.2 Å². The minimum atomic E-state index is 0.538. The van der Waals surface area contributed by atoms with Gasteiger partial charge in [0.1, 0.15) is 5.52 Å². The Bertz CT molecular complexity index is 879. The molecule has 0 aliphatic carbocycles. The quantitative estimate of drug-likeness (QED) is 0.734. The molecule has 2 aromatic heterocycles. The zero-order valence-corrected chi connectivity index (χ0v) is 15.7. The lowest BCUT2D eigenvalue weighted by atomic mass is 10.1. The van der Waals surface area contributed by atoms with Gasteiger partial charge in [0.25, 0.3) is 0 Å². The molecule has 25 heavy (non-hydrogen) atoms. The van der Waals surface area contributed by atoms with E-state index < -0.39 is 0 Å². The third-order valence-corrected chi connectivity index (χ3v) is 5.79. The number of hydrogen-bond acceptors (Lipinski definition) is 4. The number of anilines is 1. The third-order valence-electron chi connectivity index (χ3n) is 4.59. The predicted molar refractivity (Wildman–Crippen MR) is 107 cm³/mol. The Balaban J connectivity index is 1.71. The number of aromatic nitrogens is 2. The van der Waals surface area contributed by atoms with Crippen LogP contribution < -0.4 is 10.2 Å². The lowest BCUT2D eigenvalue weighted by Gasteiger charge is -2.34. The number of piperazine rings is 1. The van der Waals surface area contributed by atoms with Gasteiger partial charge >= 0.3 is 0 Å². The number of rotatable bonds is 4. The van der Waals surface area contributed by atoms with Gasteiger partial charge in [-0.1, -0.05) is 24.6 Å². The van der Waals surface area contributed by atoms with E-state index in [1.54, 1.807) is 11.9 Å². The largest absolute Gasteiger partial charge is 0.366 e. The first-order valence-electron chi connectivity index (χ1n) is 8.63. The first-order chi connectivity index (χ1) is 12.2. The molecule has 0 saturated carbocycles. The van der Waals surface area contributed by atoms with Crippen molar-refractivity contribution in [2.75, 3.05) is 24.5 Å². The molecular weight excluding hydrogens is 352 g/mol. The van der Waals surface area contributed by atoms with Crippen molar-refractivity contribution in [3.63, 3.8) is 0 Å². The number of nitrogens with one attached hydrogen (secondary N) is 1. The monoisotopic (exact) mass is 372 g/mol. The van der Waals surface area contributed by atoms with Gasteiger partial charge in [0, 0.05) is 48.0 Å². The minimum Gasteiger partial charge on any atom is -0.366 e. The first kappa shape index (κ1) is 16.8. The average Bonchev–Trinajstić information content (AvgIpc) is 3.01. The molecule has 0 amide bonds. The summed E-state index contributed by atoms with van der Waals surface area (Å²) >= 11 is 7.81. The maximum Gasteiger partial charge on any atom is 0.112 e. The van der Waals surface area contributed by atoms with E-state index >= 15 is 0 Å². The Labute approximate surface area is 157 Å². The van der Waals surface area contributed by atoms with Crippen molar-refractivity contribution in [3.8, 4) is 0 Å². The van der Waals surface area contributed by atoms with Crippen molar-refractivity contribution >= 4 is 40.3 Å². The van der Waals surface area contributed by atoms with E-state index in [0.717, 1.165) is 47.0 Å². The molecule has 1 aliphatic rings. The normalized spacial score (nSPS) is 18.0. The summed E-state index contributed by atoms with van der Waals surface area (Å²) in [6.45, 7) is 5.28. The van der Waals surface area contributed by atoms with E-state index in [1.165, 1.54) is 5.69 Å². The molecule has 3 heterocycles. The van der Waals surface area contributed by atoms with Crippen molar-refractivity contribution in [2.24, 2.45) is 0 Å². The summed E-state index contributed by atoms with van der Waals surface area (Å²) in [5.74, 6) is 0. The van der Waals surface area contributed by atoms with Gasteiger partial charge in [0.15, 0.2) is 0 Å². The Morgan fingerprint density at radius 3 is 3.08 bits per heavy atom. The zero-order chi connectivity index (χ0) is 17.2. The highest BCUT2D eigenvalue weighted by Crippen LogP contribution is 2.34. The van der Waals surface area contributed by atoms with E-state index in [0.29, 0.717) is 6.04 Å². The minimum absolute atomic E-state index is 0.538. The molecule has 1 fully saturated rings. The van der Waals surface area contributed by atoms with Crippen LogP contribution in [0, 0.1) is 0 Å². The zero-order valence-electron chi connectivity index (χ0n) is 14.2. The van der Waals surface area contributed by atoms with E-state index in [9.17, 15) is 0 Å². The first-order valence-corrected chi connectivity index (χ1v) is 9.78. The second-order valence-electron chi connectivity index (χ2n) is 6.27. The molecule has 1 aliphatic heterocycles. The molecule has 0 spiro atoms. The molecule has 1 unspecified atom stereocenters. The molecule has 6 heteroatoms. The van der Waals surface area contributed by atoms with Crippen LogP contribution in [0.5, 0.6) is 0 Å². The molecule has 1 saturated heterocycles. The lowest BCUT2D eigenvalue weighted by Crippen LogP contribution is -2.50. The highest BCUT2D eigenvalue weighted by Gasteiger charge is 2.22. The van der Waals surface area contributed by atoms with E-state index in [2.05, 4.69) is 44.4 Å². The van der Waals surface area contributed by atoms with Crippen LogP contribution >= 0.6 is 23.5 Å². The van der Waals surface area contributed by atoms with Crippen molar-refractivity contribution < 1.29 is 0 Å². The maximum absolute atomic E-state index is 6.14. The summed E-state index contributed by atoms with van der Waals surface area (Å²) in [6, 6.07) is 12.6. The number of halogens is 1. The Morgan fingerprint density at radius 2 is 2.24 bits per heavy atom. The van der Waals surface area contributed by atoms with E-state index in [1.807, 2.05) is 30.5 Å². The number of benzene rings is 1. The van der Waals surface area contributed by atoms with E-state index in [-0.39, 0.29) is 0 Å². The van der Waals surface area contributed by atoms with Crippen LogP contribution in [-0.2, 0) is 0 Å². The maximum atomic E-state index is 6.14. The van der Waals surface area contributed by atoms with Crippen molar-refractivity contribution in [1.29, 1.82) is 0 Å². The second-order valence-corrected chi connectivity index (χ2v) is 7.75. The summed E-state index contributed by atoms with van der Waals surface area (Å²) in [5.41, 5.74) is 3.41.